The Kier molecular flexibility index (Phi) is 5.99. The van der Waals surface area contributed by atoms with E-state index in [0.717, 1.165) is 12.3 Å². The van der Waals surface area contributed by atoms with Gasteiger partial charge in [-0.2, -0.15) is 18.3 Å². The highest BCUT2D eigenvalue weighted by atomic mass is 35.5. The Bertz CT molecular complexity index is 1150. The van der Waals surface area contributed by atoms with Gasteiger partial charge in [0.1, 0.15) is 4.88 Å². The summed E-state index contributed by atoms with van der Waals surface area (Å²) < 4.78 is 66.5. The number of carbonyl (C=O) groups excluding carboxylic acids is 1. The third kappa shape index (κ3) is 4.54. The Morgan fingerprint density at radius 2 is 2.03 bits per heavy atom. The van der Waals surface area contributed by atoms with Gasteiger partial charge in [-0.1, -0.05) is 11.6 Å². The summed E-state index contributed by atoms with van der Waals surface area (Å²) >= 11 is 5.71. The molecule has 160 valence electrons. The monoisotopic (exact) mass is 466 g/mol. The first kappa shape index (κ1) is 22.0. The van der Waals surface area contributed by atoms with E-state index < -0.39 is 40.5 Å². The summed E-state index contributed by atoms with van der Waals surface area (Å²) in [5.41, 5.74) is -0.517. The molecule has 0 bridgehead atoms. The SMILES string of the molecule is Cn1nccc1-c1cc(NC(=O)c2cc(Cl)c(C(F)(F)F)s2)cn(CC(F)F)c1=O. The molecule has 0 aliphatic rings. The maximum atomic E-state index is 12.9. The van der Waals surface area contributed by atoms with Crippen molar-refractivity contribution in [2.45, 2.75) is 19.1 Å². The second-order valence-corrected chi connectivity index (χ2v) is 7.53. The molecule has 0 aliphatic carbocycles. The topological polar surface area (TPSA) is 68.9 Å². The number of nitrogens with zero attached hydrogens (tertiary/aromatic N) is 3. The van der Waals surface area contributed by atoms with Crippen LogP contribution < -0.4 is 10.9 Å². The normalized spacial score (nSPS) is 11.9. The van der Waals surface area contributed by atoms with E-state index in [-0.39, 0.29) is 27.5 Å². The average Bonchev–Trinajstić information content (AvgIpc) is 3.22. The van der Waals surface area contributed by atoms with E-state index in [1.807, 2.05) is 0 Å². The second kappa shape index (κ2) is 8.19. The summed E-state index contributed by atoms with van der Waals surface area (Å²) in [6.45, 7) is -0.934. The van der Waals surface area contributed by atoms with Crippen LogP contribution in [0.1, 0.15) is 14.5 Å². The van der Waals surface area contributed by atoms with E-state index in [1.165, 1.54) is 30.1 Å². The number of rotatable bonds is 5. The standard InChI is InChI=1S/C17H12ClF5N4O2S/c1-26-11(2-3-24-26)9-4-8(6-27(16(9)29)7-13(19)20)25-15(28)12-5-10(18)14(30-12)17(21,22)23/h2-6,13H,7H2,1H3,(H,25,28). The van der Waals surface area contributed by atoms with E-state index in [0.29, 0.717) is 10.3 Å². The van der Waals surface area contributed by atoms with Crippen LogP contribution in [0.2, 0.25) is 5.02 Å². The van der Waals surface area contributed by atoms with Crippen molar-refractivity contribution in [2.75, 3.05) is 5.32 Å². The number of hydrogen-bond acceptors (Lipinski definition) is 4. The average molecular weight is 467 g/mol. The van der Waals surface area contributed by atoms with Crippen molar-refractivity contribution in [3.05, 3.63) is 55.7 Å². The van der Waals surface area contributed by atoms with E-state index in [1.54, 1.807) is 0 Å². The number of thiophene rings is 1. The molecular formula is C17H12ClF5N4O2S. The van der Waals surface area contributed by atoms with E-state index in [2.05, 4.69) is 10.4 Å². The Balaban J connectivity index is 2.00. The van der Waals surface area contributed by atoms with Gasteiger partial charge in [-0.3, -0.25) is 14.3 Å². The van der Waals surface area contributed by atoms with Gasteiger partial charge in [-0.25, -0.2) is 8.78 Å². The van der Waals surface area contributed by atoms with Gasteiger partial charge in [0.2, 0.25) is 0 Å². The summed E-state index contributed by atoms with van der Waals surface area (Å²) in [5.74, 6) is -0.935. The zero-order chi connectivity index (χ0) is 22.2. The maximum Gasteiger partial charge on any atom is 0.427 e. The third-order valence-electron chi connectivity index (χ3n) is 3.94. The van der Waals surface area contributed by atoms with Crippen LogP contribution in [-0.4, -0.2) is 26.7 Å². The zero-order valence-electron chi connectivity index (χ0n) is 15.0. The van der Waals surface area contributed by atoms with E-state index >= 15 is 0 Å². The molecule has 0 aliphatic heterocycles. The number of hydrogen-bond donors (Lipinski definition) is 1. The lowest BCUT2D eigenvalue weighted by atomic mass is 10.2. The van der Waals surface area contributed by atoms with Gasteiger partial charge in [0.15, 0.2) is 0 Å². The minimum atomic E-state index is -4.72. The molecule has 6 nitrogen and oxygen atoms in total. The first-order valence-electron chi connectivity index (χ1n) is 8.16. The smallest absolute Gasteiger partial charge is 0.320 e. The van der Waals surface area contributed by atoms with E-state index in [9.17, 15) is 31.5 Å². The quantitative estimate of drug-likeness (QED) is 0.563. The van der Waals surface area contributed by atoms with Crippen molar-refractivity contribution in [3.8, 4) is 11.3 Å². The minimum Gasteiger partial charge on any atom is -0.320 e. The molecule has 0 atom stereocenters. The van der Waals surface area contributed by atoms with Crippen molar-refractivity contribution >= 4 is 34.5 Å². The number of halogens is 6. The van der Waals surface area contributed by atoms with Crippen molar-refractivity contribution in [2.24, 2.45) is 7.05 Å². The first-order chi connectivity index (χ1) is 14.0. The second-order valence-electron chi connectivity index (χ2n) is 6.07. The van der Waals surface area contributed by atoms with Gasteiger partial charge in [-0.05, 0) is 18.2 Å². The Labute approximate surface area is 174 Å². The molecule has 13 heteroatoms. The number of anilines is 1. The molecule has 0 spiro atoms. The molecular weight excluding hydrogens is 455 g/mol. The number of nitrogens with one attached hydrogen (secondary N) is 1. The van der Waals surface area contributed by atoms with Crippen LogP contribution in [-0.2, 0) is 19.8 Å². The van der Waals surface area contributed by atoms with Crippen LogP contribution >= 0.6 is 22.9 Å². The molecule has 0 aromatic carbocycles. The first-order valence-corrected chi connectivity index (χ1v) is 9.35. The molecule has 3 aromatic heterocycles. The molecule has 30 heavy (non-hydrogen) atoms. The van der Waals surface area contributed by atoms with Gasteiger partial charge >= 0.3 is 6.18 Å². The fourth-order valence-corrected chi connectivity index (χ4v) is 3.89. The maximum absolute atomic E-state index is 12.9. The molecule has 0 radical (unpaired) electrons. The molecule has 0 unspecified atom stereocenters. The van der Waals surface area contributed by atoms with Gasteiger partial charge in [-0.15, -0.1) is 11.3 Å². The lowest BCUT2D eigenvalue weighted by Gasteiger charge is -2.12. The van der Waals surface area contributed by atoms with Crippen molar-refractivity contribution < 1.29 is 26.7 Å². The van der Waals surface area contributed by atoms with Crippen LogP contribution in [0.3, 0.4) is 0 Å². The zero-order valence-corrected chi connectivity index (χ0v) is 16.6. The highest BCUT2D eigenvalue weighted by molar-refractivity contribution is 7.14. The Morgan fingerprint density at radius 3 is 2.57 bits per heavy atom. The predicted molar refractivity (Wildman–Crippen MR) is 101 cm³/mol. The van der Waals surface area contributed by atoms with Crippen molar-refractivity contribution in [1.29, 1.82) is 0 Å². The number of pyridine rings is 1. The van der Waals surface area contributed by atoms with Crippen LogP contribution in [0.4, 0.5) is 27.6 Å². The lowest BCUT2D eigenvalue weighted by Crippen LogP contribution is -2.26. The Hall–Kier alpha value is -2.73. The summed E-state index contributed by atoms with van der Waals surface area (Å²) in [7, 11) is 1.53. The molecule has 0 saturated carbocycles. The molecule has 3 heterocycles. The Morgan fingerprint density at radius 1 is 1.33 bits per heavy atom. The van der Waals surface area contributed by atoms with Gasteiger partial charge in [0, 0.05) is 19.4 Å². The summed E-state index contributed by atoms with van der Waals surface area (Å²) in [5, 5.41) is 5.61. The molecule has 0 fully saturated rings. The lowest BCUT2D eigenvalue weighted by molar-refractivity contribution is -0.134. The highest BCUT2D eigenvalue weighted by Gasteiger charge is 2.36. The van der Waals surface area contributed by atoms with Crippen LogP contribution in [0.5, 0.6) is 0 Å². The number of alkyl halides is 5. The number of carbonyl (C=O) groups is 1. The highest BCUT2D eigenvalue weighted by Crippen LogP contribution is 2.40. The molecule has 1 amide bonds. The van der Waals surface area contributed by atoms with Crippen LogP contribution in [0, 0.1) is 0 Å². The van der Waals surface area contributed by atoms with Gasteiger partial charge in [0.25, 0.3) is 17.9 Å². The third-order valence-corrected chi connectivity index (χ3v) is 5.53. The van der Waals surface area contributed by atoms with E-state index in [4.69, 9.17) is 11.6 Å². The number of amides is 1. The van der Waals surface area contributed by atoms with Crippen molar-refractivity contribution in [1.82, 2.24) is 14.3 Å². The molecule has 0 saturated heterocycles. The predicted octanol–water partition coefficient (Wildman–Crippen LogP) is 4.50. The number of aromatic nitrogens is 3. The fraction of sp³-hybridized carbons (Fsp3) is 0.235. The molecule has 3 aromatic rings. The molecule has 3 rings (SSSR count). The summed E-state index contributed by atoms with van der Waals surface area (Å²) in [4.78, 5) is 23.5. The number of aryl methyl sites for hydroxylation is 1. The summed E-state index contributed by atoms with van der Waals surface area (Å²) in [6, 6.07) is 3.57. The van der Waals surface area contributed by atoms with Crippen LogP contribution in [0.25, 0.3) is 11.3 Å². The molecule has 1 N–H and O–H groups in total. The fourth-order valence-electron chi connectivity index (χ4n) is 2.68. The van der Waals surface area contributed by atoms with Gasteiger partial charge < -0.3 is 9.88 Å². The minimum absolute atomic E-state index is 0.0198. The van der Waals surface area contributed by atoms with Crippen molar-refractivity contribution in [3.63, 3.8) is 0 Å². The van der Waals surface area contributed by atoms with Gasteiger partial charge in [0.05, 0.1) is 33.4 Å². The largest absolute Gasteiger partial charge is 0.427 e. The van der Waals surface area contributed by atoms with Crippen LogP contribution in [0.15, 0.2) is 35.4 Å². The summed E-state index contributed by atoms with van der Waals surface area (Å²) in [6.07, 6.45) is -5.19.